The van der Waals surface area contributed by atoms with E-state index in [2.05, 4.69) is 10.4 Å². The molecule has 7 nitrogen and oxygen atoms in total. The first kappa shape index (κ1) is 17.8. The molecule has 0 aliphatic carbocycles. The molecule has 130 valence electrons. The standard InChI is InChI=1S/C17H23N3O4/c1-11-9-12(2)20(19-11)14(15-7-6-8-23-15)10-18-16(22)17(4,5)24-13(3)21/h6-9,14H,10H2,1-5H3,(H,18,22). The molecule has 0 radical (unpaired) electrons. The Labute approximate surface area is 141 Å². The van der Waals surface area contributed by atoms with E-state index < -0.39 is 11.6 Å². The summed E-state index contributed by atoms with van der Waals surface area (Å²) in [6.45, 7) is 8.49. The lowest BCUT2D eigenvalue weighted by atomic mass is 10.1. The van der Waals surface area contributed by atoms with Gasteiger partial charge in [0.2, 0.25) is 0 Å². The summed E-state index contributed by atoms with van der Waals surface area (Å²) >= 11 is 0. The van der Waals surface area contributed by atoms with Gasteiger partial charge < -0.3 is 14.5 Å². The third kappa shape index (κ3) is 4.04. The minimum absolute atomic E-state index is 0.263. The van der Waals surface area contributed by atoms with Crippen molar-refractivity contribution in [1.82, 2.24) is 15.1 Å². The van der Waals surface area contributed by atoms with Crippen molar-refractivity contribution in [3.63, 3.8) is 0 Å². The molecule has 0 saturated carbocycles. The van der Waals surface area contributed by atoms with Crippen LogP contribution in [-0.4, -0.2) is 33.8 Å². The van der Waals surface area contributed by atoms with Crippen LogP contribution in [0.5, 0.6) is 0 Å². The molecule has 0 spiro atoms. The maximum Gasteiger partial charge on any atom is 0.303 e. The van der Waals surface area contributed by atoms with Crippen molar-refractivity contribution in [3.8, 4) is 0 Å². The number of hydrogen-bond acceptors (Lipinski definition) is 5. The van der Waals surface area contributed by atoms with Gasteiger partial charge in [-0.1, -0.05) is 0 Å². The smallest absolute Gasteiger partial charge is 0.303 e. The van der Waals surface area contributed by atoms with Crippen LogP contribution in [0.3, 0.4) is 0 Å². The highest BCUT2D eigenvalue weighted by molar-refractivity contribution is 5.86. The fourth-order valence-corrected chi connectivity index (χ4v) is 2.56. The van der Waals surface area contributed by atoms with Crippen LogP contribution in [0.2, 0.25) is 0 Å². The molecule has 0 bridgehead atoms. The van der Waals surface area contributed by atoms with Crippen LogP contribution >= 0.6 is 0 Å². The Morgan fingerprint density at radius 2 is 2.12 bits per heavy atom. The third-order valence-electron chi connectivity index (χ3n) is 3.61. The quantitative estimate of drug-likeness (QED) is 0.819. The Morgan fingerprint density at radius 1 is 1.42 bits per heavy atom. The van der Waals surface area contributed by atoms with Gasteiger partial charge in [0.1, 0.15) is 11.8 Å². The lowest BCUT2D eigenvalue weighted by Crippen LogP contribution is -2.47. The molecule has 0 fully saturated rings. The molecule has 7 heteroatoms. The zero-order valence-corrected chi connectivity index (χ0v) is 14.6. The molecule has 1 unspecified atom stereocenters. The van der Waals surface area contributed by atoms with E-state index in [0.29, 0.717) is 5.76 Å². The van der Waals surface area contributed by atoms with E-state index in [4.69, 9.17) is 9.15 Å². The lowest BCUT2D eigenvalue weighted by Gasteiger charge is -2.25. The Kier molecular flexibility index (Phi) is 5.11. The summed E-state index contributed by atoms with van der Waals surface area (Å²) < 4.78 is 12.4. The van der Waals surface area contributed by atoms with E-state index in [9.17, 15) is 9.59 Å². The molecule has 0 aliphatic heterocycles. The van der Waals surface area contributed by atoms with Crippen LogP contribution in [0.1, 0.15) is 44.0 Å². The van der Waals surface area contributed by atoms with Crippen molar-refractivity contribution in [2.45, 2.75) is 46.3 Å². The van der Waals surface area contributed by atoms with Crippen LogP contribution < -0.4 is 5.32 Å². The summed E-state index contributed by atoms with van der Waals surface area (Å²) in [5.74, 6) is -0.196. The Morgan fingerprint density at radius 3 is 2.62 bits per heavy atom. The SMILES string of the molecule is CC(=O)OC(C)(C)C(=O)NCC(c1ccco1)n1nc(C)cc1C. The van der Waals surface area contributed by atoms with Crippen molar-refractivity contribution in [2.24, 2.45) is 0 Å². The van der Waals surface area contributed by atoms with Gasteiger partial charge in [-0.05, 0) is 45.9 Å². The molecular formula is C17H23N3O4. The normalized spacial score (nSPS) is 12.7. The van der Waals surface area contributed by atoms with Crippen LogP contribution in [0, 0.1) is 13.8 Å². The summed E-state index contributed by atoms with van der Waals surface area (Å²) in [5.41, 5.74) is 0.604. The van der Waals surface area contributed by atoms with Crippen molar-refractivity contribution < 1.29 is 18.7 Å². The molecule has 0 aromatic carbocycles. The second kappa shape index (κ2) is 6.90. The maximum absolute atomic E-state index is 12.3. The first-order chi connectivity index (χ1) is 11.2. The first-order valence-electron chi connectivity index (χ1n) is 7.74. The number of amides is 1. The summed E-state index contributed by atoms with van der Waals surface area (Å²) in [4.78, 5) is 23.5. The number of carbonyl (C=O) groups excluding carboxylic acids is 2. The second-order valence-electron chi connectivity index (χ2n) is 6.22. The van der Waals surface area contributed by atoms with Gasteiger partial charge in [0.25, 0.3) is 5.91 Å². The van der Waals surface area contributed by atoms with Crippen LogP contribution in [0.4, 0.5) is 0 Å². The Hall–Kier alpha value is -2.57. The summed E-state index contributed by atoms with van der Waals surface area (Å²) in [5, 5.41) is 7.29. The Balaban J connectivity index is 2.17. The van der Waals surface area contributed by atoms with Gasteiger partial charge in [-0.15, -0.1) is 0 Å². The number of aryl methyl sites for hydroxylation is 2. The van der Waals surface area contributed by atoms with E-state index in [1.165, 1.54) is 6.92 Å². The van der Waals surface area contributed by atoms with Crippen LogP contribution in [0.15, 0.2) is 28.9 Å². The van der Waals surface area contributed by atoms with E-state index in [0.717, 1.165) is 11.4 Å². The van der Waals surface area contributed by atoms with Gasteiger partial charge in [-0.2, -0.15) is 5.10 Å². The molecule has 0 aliphatic rings. The number of carbonyl (C=O) groups is 2. The maximum atomic E-state index is 12.3. The van der Waals surface area contributed by atoms with Crippen LogP contribution in [-0.2, 0) is 14.3 Å². The second-order valence-corrected chi connectivity index (χ2v) is 6.22. The van der Waals surface area contributed by atoms with E-state index in [1.807, 2.05) is 30.7 Å². The van der Waals surface area contributed by atoms with Gasteiger partial charge in [0.15, 0.2) is 5.60 Å². The molecule has 1 atom stereocenters. The van der Waals surface area contributed by atoms with Crippen molar-refractivity contribution in [1.29, 1.82) is 0 Å². The molecule has 2 aromatic rings. The summed E-state index contributed by atoms with van der Waals surface area (Å²) in [7, 11) is 0. The number of furan rings is 1. The predicted molar refractivity (Wildman–Crippen MR) is 87.4 cm³/mol. The highest BCUT2D eigenvalue weighted by Crippen LogP contribution is 2.21. The predicted octanol–water partition coefficient (Wildman–Crippen LogP) is 2.14. The fraction of sp³-hybridized carbons (Fsp3) is 0.471. The number of nitrogens with one attached hydrogen (secondary N) is 1. The van der Waals surface area contributed by atoms with E-state index >= 15 is 0 Å². The number of ether oxygens (including phenoxy) is 1. The zero-order chi connectivity index (χ0) is 17.9. The number of esters is 1. The summed E-state index contributed by atoms with van der Waals surface area (Å²) in [6.07, 6.45) is 1.58. The molecule has 2 rings (SSSR count). The number of rotatable bonds is 6. The van der Waals surface area contributed by atoms with Gasteiger partial charge >= 0.3 is 5.97 Å². The molecule has 2 aromatic heterocycles. The monoisotopic (exact) mass is 333 g/mol. The van der Waals surface area contributed by atoms with Gasteiger partial charge in [-0.25, -0.2) is 0 Å². The first-order valence-corrected chi connectivity index (χ1v) is 7.74. The molecule has 24 heavy (non-hydrogen) atoms. The average Bonchev–Trinajstić information content (AvgIpc) is 3.08. The minimum atomic E-state index is -1.24. The molecule has 1 amide bonds. The zero-order valence-electron chi connectivity index (χ0n) is 14.6. The van der Waals surface area contributed by atoms with Crippen molar-refractivity contribution >= 4 is 11.9 Å². The minimum Gasteiger partial charge on any atom is -0.467 e. The molecular weight excluding hydrogens is 310 g/mol. The molecule has 1 N–H and O–H groups in total. The fourth-order valence-electron chi connectivity index (χ4n) is 2.56. The lowest BCUT2D eigenvalue weighted by molar-refractivity contribution is -0.162. The van der Waals surface area contributed by atoms with E-state index in [1.54, 1.807) is 26.2 Å². The van der Waals surface area contributed by atoms with Gasteiger partial charge in [-0.3, -0.25) is 14.3 Å². The molecule has 2 heterocycles. The average molecular weight is 333 g/mol. The number of nitrogens with zero attached hydrogens (tertiary/aromatic N) is 2. The van der Waals surface area contributed by atoms with Gasteiger partial charge in [0.05, 0.1) is 12.0 Å². The summed E-state index contributed by atoms with van der Waals surface area (Å²) in [6, 6.07) is 5.30. The third-order valence-corrected chi connectivity index (χ3v) is 3.61. The largest absolute Gasteiger partial charge is 0.467 e. The van der Waals surface area contributed by atoms with Gasteiger partial charge in [0, 0.05) is 19.2 Å². The highest BCUT2D eigenvalue weighted by atomic mass is 16.6. The Bertz CT molecular complexity index is 716. The topological polar surface area (TPSA) is 86.4 Å². The van der Waals surface area contributed by atoms with Crippen molar-refractivity contribution in [3.05, 3.63) is 41.6 Å². The van der Waals surface area contributed by atoms with Crippen molar-refractivity contribution in [2.75, 3.05) is 6.54 Å². The highest BCUT2D eigenvalue weighted by Gasteiger charge is 2.32. The number of aromatic nitrogens is 2. The molecule has 0 saturated heterocycles. The number of hydrogen-bond donors (Lipinski definition) is 1. The van der Waals surface area contributed by atoms with Crippen LogP contribution in [0.25, 0.3) is 0 Å². The van der Waals surface area contributed by atoms with E-state index in [-0.39, 0.29) is 18.5 Å².